The largest absolute Gasteiger partial charge is 0.423 e. The molecule has 0 radical (unpaired) electrons. The zero-order chi connectivity index (χ0) is 21.0. The van der Waals surface area contributed by atoms with E-state index in [2.05, 4.69) is 48.3 Å². The molecular weight excluding hydrogens is 398 g/mol. The Balaban J connectivity index is 1.60. The summed E-state index contributed by atoms with van der Waals surface area (Å²) in [7, 11) is 0. The van der Waals surface area contributed by atoms with E-state index in [-0.39, 0.29) is 0 Å². The lowest BCUT2D eigenvalue weighted by molar-refractivity contribution is 0.621. The molecule has 0 aliphatic rings. The van der Waals surface area contributed by atoms with Gasteiger partial charge >= 0.3 is 6.01 Å². The lowest BCUT2D eigenvalue weighted by Crippen LogP contribution is -2.06. The molecule has 1 N–H and O–H groups in total. The average molecular weight is 418 g/mol. The SMILES string of the molecule is Cc1cc(C)c2nc(-n3nc(C)cc3Nc3nc4cc(Cl)ccc4o3)cc(C)c2c1. The number of anilines is 2. The summed E-state index contributed by atoms with van der Waals surface area (Å²) in [5, 5.41) is 9.65. The summed E-state index contributed by atoms with van der Waals surface area (Å²) < 4.78 is 7.59. The van der Waals surface area contributed by atoms with E-state index in [4.69, 9.17) is 21.0 Å². The Hall–Kier alpha value is -3.38. The van der Waals surface area contributed by atoms with Gasteiger partial charge in [0.05, 0.1) is 11.2 Å². The molecule has 7 heteroatoms. The second-order valence-electron chi connectivity index (χ2n) is 7.61. The minimum absolute atomic E-state index is 0.373. The molecule has 0 saturated heterocycles. The molecular formula is C23H20ClN5O. The van der Waals surface area contributed by atoms with Gasteiger partial charge in [-0.15, -0.1) is 0 Å². The lowest BCUT2D eigenvalue weighted by atomic mass is 10.0. The molecule has 0 atom stereocenters. The normalized spacial score (nSPS) is 11.5. The monoisotopic (exact) mass is 417 g/mol. The molecule has 3 heterocycles. The predicted molar refractivity (Wildman–Crippen MR) is 120 cm³/mol. The third kappa shape index (κ3) is 3.19. The molecule has 6 nitrogen and oxygen atoms in total. The number of pyridine rings is 1. The van der Waals surface area contributed by atoms with E-state index in [1.54, 1.807) is 22.9 Å². The van der Waals surface area contributed by atoms with E-state index >= 15 is 0 Å². The maximum atomic E-state index is 6.06. The molecule has 150 valence electrons. The van der Waals surface area contributed by atoms with Crippen molar-refractivity contribution >= 4 is 45.4 Å². The first-order valence-electron chi connectivity index (χ1n) is 9.66. The van der Waals surface area contributed by atoms with Crippen molar-refractivity contribution in [2.75, 3.05) is 5.32 Å². The first kappa shape index (κ1) is 18.6. The van der Waals surface area contributed by atoms with Crippen molar-refractivity contribution in [2.45, 2.75) is 27.7 Å². The molecule has 0 unspecified atom stereocenters. The Bertz CT molecular complexity index is 1430. The molecule has 0 bridgehead atoms. The number of benzene rings is 2. The van der Waals surface area contributed by atoms with Gasteiger partial charge < -0.3 is 4.42 Å². The molecule has 3 aromatic heterocycles. The highest BCUT2D eigenvalue weighted by atomic mass is 35.5. The fourth-order valence-electron chi connectivity index (χ4n) is 3.76. The van der Waals surface area contributed by atoms with Crippen LogP contribution in [0.3, 0.4) is 0 Å². The van der Waals surface area contributed by atoms with Gasteiger partial charge in [0.2, 0.25) is 0 Å². The van der Waals surface area contributed by atoms with Crippen LogP contribution < -0.4 is 5.32 Å². The third-order valence-electron chi connectivity index (χ3n) is 5.07. The van der Waals surface area contributed by atoms with Crippen LogP contribution >= 0.6 is 11.6 Å². The van der Waals surface area contributed by atoms with E-state index in [9.17, 15) is 0 Å². The highest BCUT2D eigenvalue weighted by Gasteiger charge is 2.15. The van der Waals surface area contributed by atoms with Crippen molar-refractivity contribution in [1.82, 2.24) is 19.7 Å². The molecule has 0 aliphatic carbocycles. The average Bonchev–Trinajstić information content (AvgIpc) is 3.24. The van der Waals surface area contributed by atoms with Gasteiger partial charge in [-0.1, -0.05) is 23.2 Å². The number of aryl methyl sites for hydroxylation is 4. The van der Waals surface area contributed by atoms with Crippen LogP contribution in [0, 0.1) is 27.7 Å². The molecule has 0 amide bonds. The molecule has 30 heavy (non-hydrogen) atoms. The van der Waals surface area contributed by atoms with Gasteiger partial charge in [-0.05, 0) is 69.2 Å². The topological polar surface area (TPSA) is 68.8 Å². The van der Waals surface area contributed by atoms with Gasteiger partial charge in [-0.25, -0.2) is 4.98 Å². The summed E-state index contributed by atoms with van der Waals surface area (Å²) in [6.07, 6.45) is 0. The Morgan fingerprint density at radius 2 is 1.77 bits per heavy atom. The minimum atomic E-state index is 0.373. The van der Waals surface area contributed by atoms with Crippen LogP contribution in [0.25, 0.3) is 27.8 Å². The molecule has 0 saturated carbocycles. The highest BCUT2D eigenvalue weighted by Crippen LogP contribution is 2.28. The van der Waals surface area contributed by atoms with E-state index in [1.165, 1.54) is 5.56 Å². The quantitative estimate of drug-likeness (QED) is 0.379. The Morgan fingerprint density at radius 3 is 2.60 bits per heavy atom. The first-order chi connectivity index (χ1) is 14.4. The maximum absolute atomic E-state index is 6.06. The van der Waals surface area contributed by atoms with Gasteiger partial charge in [0.15, 0.2) is 11.4 Å². The van der Waals surface area contributed by atoms with Crippen LogP contribution in [0.1, 0.15) is 22.4 Å². The standard InChI is InChI=1S/C23H20ClN5O/c1-12-7-14(3)22-17(8-12)13(2)9-20(26-22)29-21(10-15(4)28-29)27-23-25-18-11-16(24)5-6-19(18)30-23/h5-11H,1-4H3,(H,25,27). The summed E-state index contributed by atoms with van der Waals surface area (Å²) in [6.45, 7) is 8.23. The predicted octanol–water partition coefficient (Wildman–Crippen LogP) is 6.19. The molecule has 0 fully saturated rings. The Morgan fingerprint density at radius 1 is 0.933 bits per heavy atom. The van der Waals surface area contributed by atoms with Crippen LogP contribution in [0.4, 0.5) is 11.8 Å². The van der Waals surface area contributed by atoms with E-state index < -0.39 is 0 Å². The molecule has 2 aromatic carbocycles. The van der Waals surface area contributed by atoms with Crippen molar-refractivity contribution in [2.24, 2.45) is 0 Å². The zero-order valence-electron chi connectivity index (χ0n) is 17.1. The van der Waals surface area contributed by atoms with Crippen LogP contribution in [0.2, 0.25) is 5.02 Å². The van der Waals surface area contributed by atoms with Crippen LogP contribution in [-0.2, 0) is 0 Å². The number of halogens is 1. The van der Waals surface area contributed by atoms with Gasteiger partial charge in [0, 0.05) is 16.5 Å². The lowest BCUT2D eigenvalue weighted by Gasteiger charge is -2.12. The summed E-state index contributed by atoms with van der Waals surface area (Å²) in [6, 6.07) is 14.0. The zero-order valence-corrected chi connectivity index (χ0v) is 17.9. The Labute approximate surface area is 178 Å². The van der Waals surface area contributed by atoms with E-state index in [0.717, 1.165) is 39.4 Å². The second kappa shape index (κ2) is 6.85. The van der Waals surface area contributed by atoms with Crippen LogP contribution in [0.5, 0.6) is 0 Å². The third-order valence-corrected chi connectivity index (χ3v) is 5.31. The summed E-state index contributed by atoms with van der Waals surface area (Å²) in [5.74, 6) is 1.46. The van der Waals surface area contributed by atoms with Crippen molar-refractivity contribution < 1.29 is 4.42 Å². The number of oxazole rings is 1. The van der Waals surface area contributed by atoms with Crippen molar-refractivity contribution in [3.8, 4) is 5.82 Å². The van der Waals surface area contributed by atoms with Crippen molar-refractivity contribution in [3.05, 3.63) is 69.9 Å². The number of fused-ring (bicyclic) bond motifs is 2. The summed E-state index contributed by atoms with van der Waals surface area (Å²) in [4.78, 5) is 9.39. The van der Waals surface area contributed by atoms with E-state index in [1.807, 2.05) is 19.1 Å². The Kier molecular flexibility index (Phi) is 4.25. The first-order valence-corrected chi connectivity index (χ1v) is 10.0. The van der Waals surface area contributed by atoms with Gasteiger partial charge in [0.1, 0.15) is 11.3 Å². The fraction of sp³-hybridized carbons (Fsp3) is 0.174. The molecule has 0 aliphatic heterocycles. The number of nitrogens with zero attached hydrogens (tertiary/aromatic N) is 4. The number of aromatic nitrogens is 4. The van der Waals surface area contributed by atoms with Gasteiger partial charge in [-0.3, -0.25) is 5.32 Å². The highest BCUT2D eigenvalue weighted by molar-refractivity contribution is 6.31. The molecule has 5 aromatic rings. The van der Waals surface area contributed by atoms with Crippen LogP contribution in [0.15, 0.2) is 46.9 Å². The number of nitrogens with one attached hydrogen (secondary N) is 1. The summed E-state index contributed by atoms with van der Waals surface area (Å²) in [5.41, 5.74) is 6.71. The molecule has 5 rings (SSSR count). The number of hydrogen-bond donors (Lipinski definition) is 1. The molecule has 0 spiro atoms. The number of hydrogen-bond acceptors (Lipinski definition) is 5. The van der Waals surface area contributed by atoms with Crippen molar-refractivity contribution in [1.29, 1.82) is 0 Å². The summed E-state index contributed by atoms with van der Waals surface area (Å²) >= 11 is 6.06. The van der Waals surface area contributed by atoms with Crippen molar-refractivity contribution in [3.63, 3.8) is 0 Å². The van der Waals surface area contributed by atoms with Gasteiger partial charge in [-0.2, -0.15) is 14.8 Å². The van der Waals surface area contributed by atoms with Gasteiger partial charge in [0.25, 0.3) is 0 Å². The van der Waals surface area contributed by atoms with E-state index in [0.29, 0.717) is 22.1 Å². The smallest absolute Gasteiger partial charge is 0.301 e. The second-order valence-corrected chi connectivity index (χ2v) is 8.05. The maximum Gasteiger partial charge on any atom is 0.301 e. The minimum Gasteiger partial charge on any atom is -0.423 e. The van der Waals surface area contributed by atoms with Crippen LogP contribution in [-0.4, -0.2) is 19.7 Å². The number of rotatable bonds is 3. The fourth-order valence-corrected chi connectivity index (χ4v) is 3.93.